The lowest BCUT2D eigenvalue weighted by molar-refractivity contribution is 0.103. The van der Waals surface area contributed by atoms with Crippen LogP contribution >= 0.6 is 0 Å². The summed E-state index contributed by atoms with van der Waals surface area (Å²) in [4.78, 5) is 30.3. The van der Waals surface area contributed by atoms with Crippen LogP contribution in [0.1, 0.15) is 33.5 Å². The van der Waals surface area contributed by atoms with Crippen LogP contribution in [0.4, 0.5) is 0 Å². The number of nitrogens with zero attached hydrogens (tertiary/aromatic N) is 2. The molecule has 136 valence electrons. The average molecular weight is 375 g/mol. The van der Waals surface area contributed by atoms with Gasteiger partial charge in [-0.2, -0.15) is 0 Å². The largest absolute Gasteiger partial charge is 0.392 e. The first-order valence-corrected chi connectivity index (χ1v) is 9.96. The maximum absolute atomic E-state index is 12.9. The third kappa shape index (κ3) is 2.42. The average Bonchev–Trinajstić information content (AvgIpc) is 3.12. The first-order valence-electron chi connectivity index (χ1n) is 8.07. The number of sulfone groups is 1. The summed E-state index contributed by atoms with van der Waals surface area (Å²) in [6.45, 7) is 1.67. The molecule has 0 amide bonds. The molecule has 1 aromatic carbocycles. The molecule has 9 heteroatoms. The number of rotatable bonds is 4. The summed E-state index contributed by atoms with van der Waals surface area (Å²) in [6.07, 6.45) is 3.25. The van der Waals surface area contributed by atoms with Crippen LogP contribution in [-0.4, -0.2) is 42.1 Å². The van der Waals surface area contributed by atoms with Crippen molar-refractivity contribution in [3.63, 3.8) is 0 Å². The highest BCUT2D eigenvalue weighted by molar-refractivity contribution is 7.90. The van der Waals surface area contributed by atoms with Crippen LogP contribution in [0.15, 0.2) is 33.2 Å². The van der Waals surface area contributed by atoms with Crippen LogP contribution in [0, 0.1) is 12.8 Å². The van der Waals surface area contributed by atoms with Crippen molar-refractivity contribution in [2.75, 3.05) is 6.26 Å². The molecular formula is C17H17N3O5S. The summed E-state index contributed by atoms with van der Waals surface area (Å²) >= 11 is 0. The second kappa shape index (κ2) is 5.41. The first-order chi connectivity index (χ1) is 12.2. The minimum Gasteiger partial charge on any atom is -0.392 e. The van der Waals surface area contributed by atoms with Crippen molar-refractivity contribution < 1.29 is 18.0 Å². The van der Waals surface area contributed by atoms with E-state index in [0.717, 1.165) is 12.7 Å². The van der Waals surface area contributed by atoms with Crippen molar-refractivity contribution in [1.29, 1.82) is 0 Å². The molecule has 0 radical (unpaired) electrons. The van der Waals surface area contributed by atoms with Gasteiger partial charge < -0.3 is 9.94 Å². The van der Waals surface area contributed by atoms with Gasteiger partial charge in [0.15, 0.2) is 15.6 Å². The molecule has 0 bridgehead atoms. The Balaban J connectivity index is 1.92. The number of nitrogens with one attached hydrogen (secondary N) is 1. The van der Waals surface area contributed by atoms with Crippen LogP contribution in [-0.2, 0) is 21.7 Å². The molecule has 2 aliphatic rings. The Kier molecular flexibility index (Phi) is 3.49. The van der Waals surface area contributed by atoms with Crippen LogP contribution < -0.4 is 5.56 Å². The maximum atomic E-state index is 12.9. The number of fused-ring (bicyclic) bond motifs is 1. The molecule has 0 spiro atoms. The Labute approximate surface area is 149 Å². The minimum absolute atomic E-state index is 0.00237. The number of aromatic nitrogens is 2. The van der Waals surface area contributed by atoms with Gasteiger partial charge in [0.25, 0.3) is 5.56 Å². The highest BCUT2D eigenvalue weighted by Crippen LogP contribution is 2.44. The van der Waals surface area contributed by atoms with E-state index in [1.165, 1.54) is 30.1 Å². The topological polar surface area (TPSA) is 111 Å². The van der Waals surface area contributed by atoms with Crippen molar-refractivity contribution in [2.24, 2.45) is 18.1 Å². The predicted molar refractivity (Wildman–Crippen MR) is 93.3 cm³/mol. The summed E-state index contributed by atoms with van der Waals surface area (Å²) in [5.41, 5.74) is 1.29. The Morgan fingerprint density at radius 1 is 1.35 bits per heavy atom. The SMILES string of the molecule is Cc1c(C(=O)c2c[nH]n(C)c2=O)ccc(S(C)(=O)=O)c1C1=NOC2CC12. The number of aryl methyl sites for hydroxylation is 1. The smallest absolute Gasteiger partial charge is 0.277 e. The van der Waals surface area contributed by atoms with E-state index in [1.54, 1.807) is 6.92 Å². The van der Waals surface area contributed by atoms with E-state index in [2.05, 4.69) is 10.3 Å². The number of carbonyl (C=O) groups is 1. The van der Waals surface area contributed by atoms with Crippen molar-refractivity contribution in [3.05, 3.63) is 50.9 Å². The van der Waals surface area contributed by atoms with Crippen LogP contribution in [0.25, 0.3) is 0 Å². The second-order valence-electron chi connectivity index (χ2n) is 6.73. The van der Waals surface area contributed by atoms with Gasteiger partial charge in [0.05, 0.1) is 10.6 Å². The summed E-state index contributed by atoms with van der Waals surface area (Å²) in [6, 6.07) is 2.85. The van der Waals surface area contributed by atoms with Gasteiger partial charge in [-0.05, 0) is 31.0 Å². The van der Waals surface area contributed by atoms with E-state index in [-0.39, 0.29) is 28.0 Å². The Bertz CT molecular complexity index is 1140. The van der Waals surface area contributed by atoms with Gasteiger partial charge in [-0.1, -0.05) is 5.16 Å². The van der Waals surface area contributed by atoms with Crippen molar-refractivity contribution >= 4 is 21.3 Å². The molecule has 1 aromatic heterocycles. The molecule has 2 aromatic rings. The number of oxime groups is 1. The molecule has 1 aliphatic carbocycles. The number of hydrogen-bond donors (Lipinski definition) is 1. The quantitative estimate of drug-likeness (QED) is 0.794. The summed E-state index contributed by atoms with van der Waals surface area (Å²) in [7, 11) is -2.01. The van der Waals surface area contributed by atoms with E-state index in [9.17, 15) is 18.0 Å². The molecule has 2 atom stereocenters. The van der Waals surface area contributed by atoms with Crippen molar-refractivity contribution in [1.82, 2.24) is 9.78 Å². The van der Waals surface area contributed by atoms with E-state index in [0.29, 0.717) is 16.8 Å². The number of ketones is 1. The first kappa shape index (κ1) is 16.8. The summed E-state index contributed by atoms with van der Waals surface area (Å²) in [5.74, 6) is -0.405. The zero-order chi connectivity index (χ0) is 18.8. The number of carbonyl (C=O) groups excluding carboxylic acids is 1. The number of hydrogen-bond acceptors (Lipinski definition) is 6. The molecule has 2 heterocycles. The molecule has 1 saturated carbocycles. The third-order valence-electron chi connectivity index (χ3n) is 4.88. The molecule has 1 N–H and O–H groups in total. The van der Waals surface area contributed by atoms with E-state index in [4.69, 9.17) is 4.84 Å². The van der Waals surface area contributed by atoms with E-state index < -0.39 is 21.2 Å². The van der Waals surface area contributed by atoms with Gasteiger partial charge in [-0.25, -0.2) is 8.42 Å². The fraction of sp³-hybridized carbons (Fsp3) is 0.353. The van der Waals surface area contributed by atoms with Crippen LogP contribution in [0.5, 0.6) is 0 Å². The zero-order valence-corrected chi connectivity index (χ0v) is 15.3. The molecule has 4 rings (SSSR count). The number of aromatic amines is 1. The standard InChI is InChI=1S/C17H17N3O5S/c1-8-9(16(21)11-7-18-20(2)17(11)22)4-5-13(26(3,23)24)14(8)15-10-6-12(10)25-19-15/h4-5,7,10,12,18H,6H2,1-3H3. The highest BCUT2D eigenvalue weighted by Gasteiger charge is 2.50. The van der Waals surface area contributed by atoms with Gasteiger partial charge in [0, 0.05) is 36.5 Å². The normalized spacial score (nSPS) is 21.1. The van der Waals surface area contributed by atoms with Gasteiger partial charge in [0.2, 0.25) is 0 Å². The van der Waals surface area contributed by atoms with Gasteiger partial charge >= 0.3 is 0 Å². The Morgan fingerprint density at radius 2 is 2.08 bits per heavy atom. The maximum Gasteiger partial charge on any atom is 0.277 e. The zero-order valence-electron chi connectivity index (χ0n) is 14.4. The second-order valence-corrected chi connectivity index (χ2v) is 8.71. The van der Waals surface area contributed by atoms with Crippen molar-refractivity contribution in [2.45, 2.75) is 24.3 Å². The minimum atomic E-state index is -3.53. The van der Waals surface area contributed by atoms with Crippen LogP contribution in [0.3, 0.4) is 0 Å². The molecule has 26 heavy (non-hydrogen) atoms. The van der Waals surface area contributed by atoms with Crippen LogP contribution in [0.2, 0.25) is 0 Å². The van der Waals surface area contributed by atoms with Crippen molar-refractivity contribution in [3.8, 4) is 0 Å². The molecular weight excluding hydrogens is 358 g/mol. The highest BCUT2D eigenvalue weighted by atomic mass is 32.2. The lowest BCUT2D eigenvalue weighted by atomic mass is 9.93. The number of benzene rings is 1. The monoisotopic (exact) mass is 375 g/mol. The lowest BCUT2D eigenvalue weighted by Crippen LogP contribution is -2.21. The third-order valence-corrected chi connectivity index (χ3v) is 6.02. The number of H-pyrrole nitrogens is 1. The van der Waals surface area contributed by atoms with Gasteiger partial charge in [0.1, 0.15) is 11.7 Å². The van der Waals surface area contributed by atoms with Gasteiger partial charge in [-0.3, -0.25) is 14.3 Å². The van der Waals surface area contributed by atoms with E-state index in [1.807, 2.05) is 0 Å². The molecule has 2 unspecified atom stereocenters. The predicted octanol–water partition coefficient (Wildman–Crippen LogP) is 0.779. The van der Waals surface area contributed by atoms with Gasteiger partial charge in [-0.15, -0.1) is 0 Å². The Hall–Kier alpha value is -2.68. The molecule has 1 aliphatic heterocycles. The molecule has 8 nitrogen and oxygen atoms in total. The molecule has 0 saturated heterocycles. The fourth-order valence-electron chi connectivity index (χ4n) is 3.33. The molecule has 1 fully saturated rings. The Morgan fingerprint density at radius 3 is 2.58 bits per heavy atom. The lowest BCUT2D eigenvalue weighted by Gasteiger charge is -2.14. The summed E-state index contributed by atoms with van der Waals surface area (Å²) < 4.78 is 25.7. The fourth-order valence-corrected chi connectivity index (χ4v) is 4.27. The summed E-state index contributed by atoms with van der Waals surface area (Å²) in [5, 5.41) is 6.71. The van der Waals surface area contributed by atoms with E-state index >= 15 is 0 Å².